The molecule has 0 amide bonds. The van der Waals surface area contributed by atoms with E-state index in [1.807, 2.05) is 31.2 Å². The van der Waals surface area contributed by atoms with Crippen LogP contribution < -0.4 is 0 Å². The van der Waals surface area contributed by atoms with Gasteiger partial charge in [-0.05, 0) is 19.4 Å². The smallest absolute Gasteiger partial charge is 0.333 e. The first-order valence-electron chi connectivity index (χ1n) is 5.03. The van der Waals surface area contributed by atoms with Gasteiger partial charge in [-0.3, -0.25) is 0 Å². The molecule has 82 valence electrons. The van der Waals surface area contributed by atoms with Gasteiger partial charge < -0.3 is 9.84 Å². The fourth-order valence-electron chi connectivity index (χ4n) is 1.47. The van der Waals surface area contributed by atoms with Crippen molar-refractivity contribution < 1.29 is 14.6 Å². The maximum absolute atomic E-state index is 10.9. The summed E-state index contributed by atoms with van der Waals surface area (Å²) in [6, 6.07) is 7.81. The van der Waals surface area contributed by atoms with Gasteiger partial charge in [0, 0.05) is 13.0 Å². The van der Waals surface area contributed by atoms with Crippen molar-refractivity contribution >= 4 is 5.97 Å². The van der Waals surface area contributed by atoms with Crippen molar-refractivity contribution in [2.24, 2.45) is 0 Å². The summed E-state index contributed by atoms with van der Waals surface area (Å²) in [5.41, 5.74) is 2.13. The van der Waals surface area contributed by atoms with E-state index < -0.39 is 12.1 Å². The van der Waals surface area contributed by atoms with Crippen LogP contribution >= 0.6 is 0 Å². The molecule has 15 heavy (non-hydrogen) atoms. The largest absolute Gasteiger partial charge is 0.479 e. The summed E-state index contributed by atoms with van der Waals surface area (Å²) in [5, 5.41) is 8.91. The van der Waals surface area contributed by atoms with Crippen LogP contribution in [-0.2, 0) is 16.0 Å². The second kappa shape index (κ2) is 5.51. The molecule has 0 saturated carbocycles. The number of aryl methyl sites for hydroxylation is 1. The molecule has 0 heterocycles. The Morgan fingerprint density at radius 1 is 1.53 bits per heavy atom. The van der Waals surface area contributed by atoms with Crippen LogP contribution in [0.2, 0.25) is 0 Å². The number of aliphatic carboxylic acids is 1. The van der Waals surface area contributed by atoms with E-state index in [-0.39, 0.29) is 0 Å². The van der Waals surface area contributed by atoms with Gasteiger partial charge in [-0.1, -0.05) is 29.8 Å². The number of hydrogen-bond donors (Lipinski definition) is 1. The predicted molar refractivity (Wildman–Crippen MR) is 57.9 cm³/mol. The average Bonchev–Trinajstić information content (AvgIpc) is 2.17. The quantitative estimate of drug-likeness (QED) is 0.805. The standard InChI is InChI=1S/C12H16O3/c1-3-15-11(12(13)14)8-10-6-4-5-9(2)7-10/h4-7,11H,3,8H2,1-2H3,(H,13,14). The lowest BCUT2D eigenvalue weighted by molar-refractivity contribution is -0.149. The summed E-state index contributed by atoms with van der Waals surface area (Å²) in [6.45, 7) is 4.20. The number of hydrogen-bond acceptors (Lipinski definition) is 2. The molecule has 0 saturated heterocycles. The second-order valence-electron chi connectivity index (χ2n) is 3.48. The van der Waals surface area contributed by atoms with E-state index in [4.69, 9.17) is 9.84 Å². The summed E-state index contributed by atoms with van der Waals surface area (Å²) in [6.07, 6.45) is -0.318. The molecule has 0 spiro atoms. The number of carboxylic acids is 1. The zero-order chi connectivity index (χ0) is 11.3. The lowest BCUT2D eigenvalue weighted by atomic mass is 10.1. The van der Waals surface area contributed by atoms with Crippen LogP contribution in [0.25, 0.3) is 0 Å². The van der Waals surface area contributed by atoms with Crippen LogP contribution in [0, 0.1) is 6.92 Å². The Morgan fingerprint density at radius 3 is 2.80 bits per heavy atom. The molecule has 1 rings (SSSR count). The van der Waals surface area contributed by atoms with Crippen LogP contribution in [0.1, 0.15) is 18.1 Å². The zero-order valence-electron chi connectivity index (χ0n) is 9.06. The molecule has 0 aromatic heterocycles. The third-order valence-corrected chi connectivity index (χ3v) is 2.15. The van der Waals surface area contributed by atoms with Gasteiger partial charge in [-0.25, -0.2) is 4.79 Å². The van der Waals surface area contributed by atoms with Crippen molar-refractivity contribution in [3.63, 3.8) is 0 Å². The minimum Gasteiger partial charge on any atom is -0.479 e. The van der Waals surface area contributed by atoms with Gasteiger partial charge in [0.25, 0.3) is 0 Å². The highest BCUT2D eigenvalue weighted by molar-refractivity contribution is 5.72. The first-order valence-corrected chi connectivity index (χ1v) is 5.03. The molecule has 1 aromatic carbocycles. The average molecular weight is 208 g/mol. The molecule has 0 radical (unpaired) electrons. The van der Waals surface area contributed by atoms with Crippen LogP contribution in [0.4, 0.5) is 0 Å². The molecule has 1 aromatic rings. The maximum atomic E-state index is 10.9. The van der Waals surface area contributed by atoms with Crippen molar-refractivity contribution in [2.75, 3.05) is 6.61 Å². The molecule has 0 aliphatic heterocycles. The minimum absolute atomic E-state index is 0.419. The lowest BCUT2D eigenvalue weighted by Crippen LogP contribution is -2.26. The summed E-state index contributed by atoms with van der Waals surface area (Å²) in [4.78, 5) is 10.9. The number of benzene rings is 1. The number of ether oxygens (including phenoxy) is 1. The number of carbonyl (C=O) groups is 1. The Morgan fingerprint density at radius 2 is 2.27 bits per heavy atom. The molecular weight excluding hydrogens is 192 g/mol. The van der Waals surface area contributed by atoms with Gasteiger partial charge in [0.1, 0.15) is 0 Å². The van der Waals surface area contributed by atoms with Crippen molar-refractivity contribution in [1.82, 2.24) is 0 Å². The molecule has 0 fully saturated rings. The predicted octanol–water partition coefficient (Wildman–Crippen LogP) is 2.03. The summed E-state index contributed by atoms with van der Waals surface area (Å²) in [7, 11) is 0. The first-order chi connectivity index (χ1) is 7.13. The molecule has 1 atom stereocenters. The van der Waals surface area contributed by atoms with E-state index in [1.54, 1.807) is 6.92 Å². The summed E-state index contributed by atoms with van der Waals surface area (Å²) < 4.78 is 5.15. The van der Waals surface area contributed by atoms with Gasteiger partial charge in [0.15, 0.2) is 6.10 Å². The Hall–Kier alpha value is -1.35. The van der Waals surface area contributed by atoms with Gasteiger partial charge >= 0.3 is 5.97 Å². The molecule has 0 aliphatic rings. The van der Waals surface area contributed by atoms with Crippen LogP contribution in [0.3, 0.4) is 0 Å². The summed E-state index contributed by atoms with van der Waals surface area (Å²) in [5.74, 6) is -0.904. The van der Waals surface area contributed by atoms with E-state index in [9.17, 15) is 4.79 Å². The lowest BCUT2D eigenvalue weighted by Gasteiger charge is -2.12. The molecule has 3 nitrogen and oxygen atoms in total. The highest BCUT2D eigenvalue weighted by Gasteiger charge is 2.17. The molecular formula is C12H16O3. The van der Waals surface area contributed by atoms with Crippen molar-refractivity contribution in [1.29, 1.82) is 0 Å². The molecule has 1 N–H and O–H groups in total. The van der Waals surface area contributed by atoms with E-state index in [0.717, 1.165) is 11.1 Å². The minimum atomic E-state index is -0.904. The van der Waals surface area contributed by atoms with Crippen LogP contribution in [-0.4, -0.2) is 23.8 Å². The molecule has 0 aliphatic carbocycles. The fourth-order valence-corrected chi connectivity index (χ4v) is 1.47. The fraction of sp³-hybridized carbons (Fsp3) is 0.417. The molecule has 1 unspecified atom stereocenters. The van der Waals surface area contributed by atoms with E-state index in [1.165, 1.54) is 0 Å². The van der Waals surface area contributed by atoms with Crippen molar-refractivity contribution in [3.8, 4) is 0 Å². The molecule has 3 heteroatoms. The summed E-state index contributed by atoms with van der Waals surface area (Å²) >= 11 is 0. The molecule has 0 bridgehead atoms. The van der Waals surface area contributed by atoms with E-state index >= 15 is 0 Å². The topological polar surface area (TPSA) is 46.5 Å². The highest BCUT2D eigenvalue weighted by atomic mass is 16.5. The monoisotopic (exact) mass is 208 g/mol. The van der Waals surface area contributed by atoms with Gasteiger partial charge in [0.2, 0.25) is 0 Å². The Labute approximate surface area is 89.7 Å². The number of rotatable bonds is 5. The third kappa shape index (κ3) is 3.72. The van der Waals surface area contributed by atoms with Gasteiger partial charge in [-0.15, -0.1) is 0 Å². The Balaban J connectivity index is 2.69. The highest BCUT2D eigenvalue weighted by Crippen LogP contribution is 2.09. The zero-order valence-corrected chi connectivity index (χ0v) is 9.06. The first kappa shape index (κ1) is 11.7. The Kier molecular flexibility index (Phi) is 4.31. The van der Waals surface area contributed by atoms with Crippen LogP contribution in [0.15, 0.2) is 24.3 Å². The van der Waals surface area contributed by atoms with Crippen molar-refractivity contribution in [2.45, 2.75) is 26.4 Å². The van der Waals surface area contributed by atoms with Gasteiger partial charge in [-0.2, -0.15) is 0 Å². The van der Waals surface area contributed by atoms with Crippen molar-refractivity contribution in [3.05, 3.63) is 35.4 Å². The van der Waals surface area contributed by atoms with E-state index in [2.05, 4.69) is 0 Å². The maximum Gasteiger partial charge on any atom is 0.333 e. The van der Waals surface area contributed by atoms with Gasteiger partial charge in [0.05, 0.1) is 0 Å². The Bertz CT molecular complexity index is 333. The SMILES string of the molecule is CCOC(Cc1cccc(C)c1)C(=O)O. The number of carboxylic acid groups (broad SMARTS) is 1. The van der Waals surface area contributed by atoms with E-state index in [0.29, 0.717) is 13.0 Å². The third-order valence-electron chi connectivity index (χ3n) is 2.15. The normalized spacial score (nSPS) is 12.4. The van der Waals surface area contributed by atoms with Crippen LogP contribution in [0.5, 0.6) is 0 Å². The second-order valence-corrected chi connectivity index (χ2v) is 3.48.